The summed E-state index contributed by atoms with van der Waals surface area (Å²) < 4.78 is 9.66. The molecular weight excluding hydrogens is 256 g/mol. The van der Waals surface area contributed by atoms with Gasteiger partial charge in [0.25, 0.3) is 0 Å². The molecule has 19 heavy (non-hydrogen) atoms. The lowest BCUT2D eigenvalue weighted by molar-refractivity contribution is 0.415. The van der Waals surface area contributed by atoms with Gasteiger partial charge < -0.3 is 10.1 Å². The van der Waals surface area contributed by atoms with E-state index in [0.717, 1.165) is 30.1 Å². The Kier molecular flexibility index (Phi) is 4.93. The fourth-order valence-electron chi connectivity index (χ4n) is 1.78. The second kappa shape index (κ2) is 6.68. The first kappa shape index (κ1) is 14.0. The van der Waals surface area contributed by atoms with Crippen LogP contribution in [0.25, 0.3) is 11.3 Å². The first-order chi connectivity index (χ1) is 9.19. The van der Waals surface area contributed by atoms with Crippen LogP contribution in [0, 0.1) is 5.92 Å². The second-order valence-corrected chi connectivity index (χ2v) is 5.82. The van der Waals surface area contributed by atoms with Crippen molar-refractivity contribution in [2.45, 2.75) is 20.4 Å². The quantitative estimate of drug-likeness (QED) is 0.876. The van der Waals surface area contributed by atoms with Crippen LogP contribution in [-0.4, -0.2) is 18.0 Å². The normalized spacial score (nSPS) is 10.9. The smallest absolute Gasteiger partial charge is 0.118 e. The van der Waals surface area contributed by atoms with Crippen LogP contribution >= 0.6 is 11.5 Å². The lowest BCUT2D eigenvalue weighted by atomic mass is 10.1. The summed E-state index contributed by atoms with van der Waals surface area (Å²) in [7, 11) is 1.68. The zero-order valence-corrected chi connectivity index (χ0v) is 12.5. The molecule has 0 atom stereocenters. The van der Waals surface area contributed by atoms with Crippen molar-refractivity contribution < 1.29 is 4.74 Å². The molecule has 0 saturated heterocycles. The highest BCUT2D eigenvalue weighted by Crippen LogP contribution is 2.24. The highest BCUT2D eigenvalue weighted by molar-refractivity contribution is 7.06. The predicted octanol–water partition coefficient (Wildman–Crippen LogP) is 3.56. The lowest BCUT2D eigenvalue weighted by Crippen LogP contribution is -2.18. The van der Waals surface area contributed by atoms with Crippen LogP contribution in [0.1, 0.15) is 18.7 Å². The van der Waals surface area contributed by atoms with E-state index < -0.39 is 0 Å². The predicted molar refractivity (Wildman–Crippen MR) is 80.6 cm³/mol. The third-order valence-corrected chi connectivity index (χ3v) is 3.58. The molecular formula is C15H20N2OS. The summed E-state index contributed by atoms with van der Waals surface area (Å²) >= 11 is 1.56. The maximum Gasteiger partial charge on any atom is 0.118 e. The third-order valence-electron chi connectivity index (χ3n) is 2.80. The van der Waals surface area contributed by atoms with E-state index in [2.05, 4.69) is 29.6 Å². The van der Waals surface area contributed by atoms with Gasteiger partial charge in [0.1, 0.15) is 5.75 Å². The zero-order chi connectivity index (χ0) is 13.7. The van der Waals surface area contributed by atoms with Gasteiger partial charge in [0.15, 0.2) is 0 Å². The summed E-state index contributed by atoms with van der Waals surface area (Å²) in [5.41, 5.74) is 2.17. The Morgan fingerprint density at radius 2 is 2.00 bits per heavy atom. The van der Waals surface area contributed by atoms with Crippen molar-refractivity contribution in [1.29, 1.82) is 0 Å². The Hall–Kier alpha value is -1.39. The molecule has 1 aromatic carbocycles. The van der Waals surface area contributed by atoms with Gasteiger partial charge in [-0.1, -0.05) is 13.8 Å². The van der Waals surface area contributed by atoms with Gasteiger partial charge in [-0.3, -0.25) is 0 Å². The molecule has 4 heteroatoms. The Morgan fingerprint density at radius 3 is 2.63 bits per heavy atom. The summed E-state index contributed by atoms with van der Waals surface area (Å²) in [5, 5.41) is 3.43. The van der Waals surface area contributed by atoms with E-state index in [1.165, 1.54) is 4.88 Å². The van der Waals surface area contributed by atoms with Crippen molar-refractivity contribution >= 4 is 11.5 Å². The molecule has 0 saturated carbocycles. The van der Waals surface area contributed by atoms with Gasteiger partial charge in [0.2, 0.25) is 0 Å². The molecule has 0 amide bonds. The number of hydrogen-bond donors (Lipinski definition) is 1. The summed E-state index contributed by atoms with van der Waals surface area (Å²) in [6, 6.07) is 10.2. The Balaban J connectivity index is 1.99. The zero-order valence-electron chi connectivity index (χ0n) is 11.6. The van der Waals surface area contributed by atoms with Gasteiger partial charge in [0, 0.05) is 17.0 Å². The summed E-state index contributed by atoms with van der Waals surface area (Å²) in [5.74, 6) is 1.55. The molecule has 2 aromatic rings. The maximum absolute atomic E-state index is 5.16. The fourth-order valence-corrected chi connectivity index (χ4v) is 2.48. The van der Waals surface area contributed by atoms with Crippen LogP contribution in [0.3, 0.4) is 0 Å². The molecule has 102 valence electrons. The highest BCUT2D eigenvalue weighted by Gasteiger charge is 2.05. The number of aromatic nitrogens is 1. The van der Waals surface area contributed by atoms with E-state index >= 15 is 0 Å². The molecule has 1 N–H and O–H groups in total. The first-order valence-corrected chi connectivity index (χ1v) is 7.27. The average Bonchev–Trinajstić information content (AvgIpc) is 2.87. The minimum atomic E-state index is 0.675. The van der Waals surface area contributed by atoms with Crippen molar-refractivity contribution in [3.8, 4) is 17.0 Å². The molecule has 1 aromatic heterocycles. The number of nitrogens with zero attached hydrogens (tertiary/aromatic N) is 1. The minimum absolute atomic E-state index is 0.675. The monoisotopic (exact) mass is 276 g/mol. The van der Waals surface area contributed by atoms with E-state index in [1.807, 2.05) is 24.3 Å². The number of ether oxygens (including phenoxy) is 1. The average molecular weight is 276 g/mol. The van der Waals surface area contributed by atoms with Crippen molar-refractivity contribution in [2.24, 2.45) is 5.92 Å². The first-order valence-electron chi connectivity index (χ1n) is 6.50. The second-order valence-electron chi connectivity index (χ2n) is 4.93. The van der Waals surface area contributed by atoms with Crippen LogP contribution in [0.5, 0.6) is 5.75 Å². The van der Waals surface area contributed by atoms with Crippen molar-refractivity contribution in [2.75, 3.05) is 13.7 Å². The van der Waals surface area contributed by atoms with Gasteiger partial charge >= 0.3 is 0 Å². The Bertz CT molecular complexity index is 505. The third kappa shape index (κ3) is 4.04. The number of nitrogens with one attached hydrogen (secondary N) is 1. The van der Waals surface area contributed by atoms with Crippen LogP contribution in [0.4, 0.5) is 0 Å². The lowest BCUT2D eigenvalue weighted by Gasteiger charge is -2.04. The minimum Gasteiger partial charge on any atom is -0.497 e. The Labute approximate surface area is 118 Å². The topological polar surface area (TPSA) is 34.1 Å². The molecule has 1 heterocycles. The molecule has 0 aliphatic carbocycles. The summed E-state index contributed by atoms with van der Waals surface area (Å²) in [6.07, 6.45) is 0. The van der Waals surface area contributed by atoms with Gasteiger partial charge in [-0.2, -0.15) is 4.37 Å². The maximum atomic E-state index is 5.16. The van der Waals surface area contributed by atoms with Crippen LogP contribution in [0.15, 0.2) is 30.3 Å². The molecule has 0 aliphatic heterocycles. The number of rotatable bonds is 6. The highest BCUT2D eigenvalue weighted by atomic mass is 32.1. The van der Waals surface area contributed by atoms with E-state index in [9.17, 15) is 0 Å². The van der Waals surface area contributed by atoms with Crippen LogP contribution in [0.2, 0.25) is 0 Å². The molecule has 0 bridgehead atoms. The molecule has 0 spiro atoms. The molecule has 3 nitrogen and oxygen atoms in total. The van der Waals surface area contributed by atoms with Crippen molar-refractivity contribution in [3.05, 3.63) is 35.2 Å². The molecule has 0 aliphatic rings. The molecule has 0 radical (unpaired) electrons. The largest absolute Gasteiger partial charge is 0.497 e. The van der Waals surface area contributed by atoms with E-state index in [4.69, 9.17) is 4.74 Å². The Morgan fingerprint density at radius 1 is 1.26 bits per heavy atom. The van der Waals surface area contributed by atoms with Crippen LogP contribution in [-0.2, 0) is 6.54 Å². The van der Waals surface area contributed by atoms with Gasteiger partial charge in [-0.25, -0.2) is 0 Å². The fraction of sp³-hybridized carbons (Fsp3) is 0.400. The number of methoxy groups -OCH3 is 1. The standard InChI is InChI=1S/C15H20N2OS/c1-11(2)9-16-10-14-8-15(17-19-14)12-4-6-13(18-3)7-5-12/h4-8,11,16H,9-10H2,1-3H3. The van der Waals surface area contributed by atoms with Gasteiger partial charge in [-0.15, -0.1) is 0 Å². The SMILES string of the molecule is COc1ccc(-c2cc(CNCC(C)C)sn2)cc1. The van der Waals surface area contributed by atoms with E-state index in [-0.39, 0.29) is 0 Å². The summed E-state index contributed by atoms with van der Waals surface area (Å²) in [6.45, 7) is 6.35. The molecule has 2 rings (SSSR count). The summed E-state index contributed by atoms with van der Waals surface area (Å²) in [4.78, 5) is 1.27. The van der Waals surface area contributed by atoms with Crippen LogP contribution < -0.4 is 10.1 Å². The van der Waals surface area contributed by atoms with Gasteiger partial charge in [0.05, 0.1) is 12.8 Å². The van der Waals surface area contributed by atoms with Crippen molar-refractivity contribution in [1.82, 2.24) is 9.69 Å². The molecule has 0 fully saturated rings. The van der Waals surface area contributed by atoms with Gasteiger partial charge in [-0.05, 0) is 54.3 Å². The van der Waals surface area contributed by atoms with Crippen molar-refractivity contribution in [3.63, 3.8) is 0 Å². The van der Waals surface area contributed by atoms with E-state index in [1.54, 1.807) is 18.6 Å². The van der Waals surface area contributed by atoms with E-state index in [0.29, 0.717) is 5.92 Å². The number of hydrogen-bond acceptors (Lipinski definition) is 4. The number of benzene rings is 1. The molecule has 0 unspecified atom stereocenters.